The van der Waals surface area contributed by atoms with Gasteiger partial charge < -0.3 is 10.2 Å². The van der Waals surface area contributed by atoms with Gasteiger partial charge in [0.25, 0.3) is 0 Å². The average Bonchev–Trinajstić information content (AvgIpc) is 2.55. The molecule has 0 aliphatic rings. The molecule has 8 heteroatoms. The number of nitrogens with zero attached hydrogens (tertiary/aromatic N) is 1. The zero-order valence-corrected chi connectivity index (χ0v) is 17.0. The molecule has 0 aliphatic carbocycles. The highest BCUT2D eigenvalue weighted by Gasteiger charge is 2.16. The molecule has 0 saturated carbocycles. The van der Waals surface area contributed by atoms with Gasteiger partial charge in [-0.05, 0) is 56.3 Å². The van der Waals surface area contributed by atoms with Gasteiger partial charge in [0.05, 0.1) is 21.5 Å². The maximum absolute atomic E-state index is 12.4. The van der Waals surface area contributed by atoms with Gasteiger partial charge in [0.1, 0.15) is 0 Å². The molecular formula is C18H20Cl2N2O3S. The Kier molecular flexibility index (Phi) is 6.55. The van der Waals surface area contributed by atoms with Crippen molar-refractivity contribution in [2.75, 3.05) is 23.0 Å². The number of hydrogen-bond acceptors (Lipinski definition) is 4. The normalized spacial score (nSPS) is 11.5. The third-order valence-corrected chi connectivity index (χ3v) is 5.61. The molecule has 0 heterocycles. The van der Waals surface area contributed by atoms with Crippen LogP contribution in [0.15, 0.2) is 47.4 Å². The molecule has 0 spiro atoms. The molecular weight excluding hydrogens is 395 g/mol. The summed E-state index contributed by atoms with van der Waals surface area (Å²) in [5, 5.41) is 3.64. The molecule has 0 unspecified atom stereocenters. The zero-order chi connectivity index (χ0) is 19.5. The SMILES string of the molecule is CC(C)N(CC(=O)Nc1ccc(S(C)(=O)=O)cc1)c1ccc(Cl)c(Cl)c1. The lowest BCUT2D eigenvalue weighted by Crippen LogP contribution is -2.38. The second-order valence-electron chi connectivity index (χ2n) is 6.16. The fraction of sp³-hybridized carbons (Fsp3) is 0.278. The van der Waals surface area contributed by atoms with Crippen molar-refractivity contribution in [3.05, 3.63) is 52.5 Å². The first-order valence-electron chi connectivity index (χ1n) is 7.89. The molecule has 0 radical (unpaired) electrons. The van der Waals surface area contributed by atoms with Crippen molar-refractivity contribution in [3.63, 3.8) is 0 Å². The van der Waals surface area contributed by atoms with Gasteiger partial charge >= 0.3 is 0 Å². The summed E-state index contributed by atoms with van der Waals surface area (Å²) in [6.07, 6.45) is 1.14. The lowest BCUT2D eigenvalue weighted by Gasteiger charge is -2.28. The molecule has 0 bridgehead atoms. The molecule has 0 aliphatic heterocycles. The van der Waals surface area contributed by atoms with E-state index in [2.05, 4.69) is 5.32 Å². The molecule has 5 nitrogen and oxygen atoms in total. The van der Waals surface area contributed by atoms with Gasteiger partial charge in [0, 0.05) is 23.7 Å². The van der Waals surface area contributed by atoms with Crippen LogP contribution in [0, 0.1) is 0 Å². The van der Waals surface area contributed by atoms with E-state index in [0.29, 0.717) is 15.7 Å². The molecule has 0 aromatic heterocycles. The van der Waals surface area contributed by atoms with E-state index >= 15 is 0 Å². The number of amides is 1. The lowest BCUT2D eigenvalue weighted by molar-refractivity contribution is -0.115. The van der Waals surface area contributed by atoms with Crippen LogP contribution in [-0.4, -0.2) is 33.2 Å². The van der Waals surface area contributed by atoms with Crippen LogP contribution in [0.1, 0.15) is 13.8 Å². The van der Waals surface area contributed by atoms with E-state index in [4.69, 9.17) is 23.2 Å². The van der Waals surface area contributed by atoms with Crippen LogP contribution >= 0.6 is 23.2 Å². The molecule has 1 amide bonds. The number of sulfone groups is 1. The van der Waals surface area contributed by atoms with E-state index in [-0.39, 0.29) is 23.4 Å². The minimum absolute atomic E-state index is 0.0607. The van der Waals surface area contributed by atoms with Crippen molar-refractivity contribution in [2.45, 2.75) is 24.8 Å². The highest BCUT2D eigenvalue weighted by Crippen LogP contribution is 2.28. The molecule has 2 rings (SSSR count). The maximum Gasteiger partial charge on any atom is 0.243 e. The third-order valence-electron chi connectivity index (χ3n) is 3.74. The van der Waals surface area contributed by atoms with Crippen LogP contribution in [0.3, 0.4) is 0 Å². The Bertz CT molecular complexity index is 897. The van der Waals surface area contributed by atoms with Crippen molar-refractivity contribution >= 4 is 50.3 Å². The van der Waals surface area contributed by atoms with Crippen LogP contribution in [0.5, 0.6) is 0 Å². The van der Waals surface area contributed by atoms with E-state index in [1.807, 2.05) is 24.8 Å². The number of rotatable bonds is 6. The van der Waals surface area contributed by atoms with E-state index in [0.717, 1.165) is 11.9 Å². The average molecular weight is 415 g/mol. The minimum Gasteiger partial charge on any atom is -0.360 e. The zero-order valence-electron chi connectivity index (χ0n) is 14.7. The predicted octanol–water partition coefficient (Wildman–Crippen LogP) is 4.25. The van der Waals surface area contributed by atoms with Crippen molar-refractivity contribution in [3.8, 4) is 0 Å². The van der Waals surface area contributed by atoms with Crippen LogP contribution in [0.2, 0.25) is 10.0 Å². The molecule has 26 heavy (non-hydrogen) atoms. The predicted molar refractivity (Wildman–Crippen MR) is 107 cm³/mol. The van der Waals surface area contributed by atoms with E-state index in [1.165, 1.54) is 12.1 Å². The molecule has 0 saturated heterocycles. The van der Waals surface area contributed by atoms with Crippen molar-refractivity contribution in [1.82, 2.24) is 0 Å². The number of carbonyl (C=O) groups is 1. The second kappa shape index (κ2) is 8.29. The third kappa shape index (κ3) is 5.37. The Hall–Kier alpha value is -1.76. The molecule has 1 N–H and O–H groups in total. The Balaban J connectivity index is 2.11. The standard InChI is InChI=1S/C18H20Cl2N2O3S/c1-12(2)22(14-6-9-16(19)17(20)10-14)11-18(23)21-13-4-7-15(8-5-13)26(3,24)25/h4-10,12H,11H2,1-3H3,(H,21,23). The molecule has 2 aromatic carbocycles. The first-order chi connectivity index (χ1) is 12.1. The number of benzene rings is 2. The van der Waals surface area contributed by atoms with Gasteiger partial charge in [0.2, 0.25) is 5.91 Å². The highest BCUT2D eigenvalue weighted by atomic mass is 35.5. The number of hydrogen-bond donors (Lipinski definition) is 1. The Morgan fingerprint density at radius 1 is 1.08 bits per heavy atom. The van der Waals surface area contributed by atoms with Gasteiger partial charge in [-0.1, -0.05) is 23.2 Å². The summed E-state index contributed by atoms with van der Waals surface area (Å²) in [7, 11) is -3.27. The molecule has 2 aromatic rings. The fourth-order valence-electron chi connectivity index (χ4n) is 2.38. The van der Waals surface area contributed by atoms with Gasteiger partial charge in [-0.2, -0.15) is 0 Å². The van der Waals surface area contributed by atoms with E-state index < -0.39 is 9.84 Å². The summed E-state index contributed by atoms with van der Waals surface area (Å²) in [4.78, 5) is 14.5. The maximum atomic E-state index is 12.4. The summed E-state index contributed by atoms with van der Waals surface area (Å²) < 4.78 is 23.0. The van der Waals surface area contributed by atoms with Gasteiger partial charge in [0.15, 0.2) is 9.84 Å². The summed E-state index contributed by atoms with van der Waals surface area (Å²) >= 11 is 12.0. The molecule has 0 fully saturated rings. The van der Waals surface area contributed by atoms with Crippen LogP contribution in [0.25, 0.3) is 0 Å². The topological polar surface area (TPSA) is 66.5 Å². The van der Waals surface area contributed by atoms with Crippen LogP contribution < -0.4 is 10.2 Å². The summed E-state index contributed by atoms with van der Waals surface area (Å²) in [5.74, 6) is -0.225. The summed E-state index contributed by atoms with van der Waals surface area (Å²) in [6.45, 7) is 4.05. The largest absolute Gasteiger partial charge is 0.360 e. The fourth-order valence-corrected chi connectivity index (χ4v) is 3.30. The summed E-state index contributed by atoms with van der Waals surface area (Å²) in [5.41, 5.74) is 1.32. The van der Waals surface area contributed by atoms with Gasteiger partial charge in [-0.15, -0.1) is 0 Å². The molecule has 140 valence electrons. The van der Waals surface area contributed by atoms with Gasteiger partial charge in [-0.3, -0.25) is 4.79 Å². The van der Waals surface area contributed by atoms with Crippen molar-refractivity contribution < 1.29 is 13.2 Å². The Labute approximate surface area is 163 Å². The molecule has 0 atom stereocenters. The van der Waals surface area contributed by atoms with Crippen molar-refractivity contribution in [1.29, 1.82) is 0 Å². The highest BCUT2D eigenvalue weighted by molar-refractivity contribution is 7.90. The van der Waals surface area contributed by atoms with Gasteiger partial charge in [-0.25, -0.2) is 8.42 Å². The van der Waals surface area contributed by atoms with Crippen LogP contribution in [0.4, 0.5) is 11.4 Å². The quantitative estimate of drug-likeness (QED) is 0.766. The Morgan fingerprint density at radius 3 is 2.19 bits per heavy atom. The van der Waals surface area contributed by atoms with Crippen molar-refractivity contribution in [2.24, 2.45) is 0 Å². The monoisotopic (exact) mass is 414 g/mol. The van der Waals surface area contributed by atoms with Crippen LogP contribution in [-0.2, 0) is 14.6 Å². The number of anilines is 2. The number of carbonyl (C=O) groups excluding carboxylic acids is 1. The smallest absolute Gasteiger partial charge is 0.243 e. The second-order valence-corrected chi connectivity index (χ2v) is 8.99. The number of nitrogens with one attached hydrogen (secondary N) is 1. The summed E-state index contributed by atoms with van der Waals surface area (Å²) in [6, 6.07) is 11.3. The van der Waals surface area contributed by atoms with E-state index in [1.54, 1.807) is 24.3 Å². The first-order valence-corrected chi connectivity index (χ1v) is 10.5. The number of halogens is 2. The minimum atomic E-state index is -3.27. The lowest BCUT2D eigenvalue weighted by atomic mass is 10.2. The van der Waals surface area contributed by atoms with E-state index in [9.17, 15) is 13.2 Å². The Morgan fingerprint density at radius 2 is 1.69 bits per heavy atom. The first kappa shape index (κ1) is 20.6.